The Morgan fingerprint density at radius 2 is 1.95 bits per heavy atom. The van der Waals surface area contributed by atoms with E-state index in [0.29, 0.717) is 6.54 Å². The number of hydrogen-bond donors (Lipinski definition) is 2. The second-order valence-electron chi connectivity index (χ2n) is 4.35. The van der Waals surface area contributed by atoms with Crippen molar-refractivity contribution in [2.75, 3.05) is 11.9 Å². The number of para-hydroxylation sites is 1. The predicted molar refractivity (Wildman–Crippen MR) is 71.0 cm³/mol. The lowest BCUT2D eigenvalue weighted by molar-refractivity contribution is 0.235. The predicted octanol–water partition coefficient (Wildman–Crippen LogP) is 2.22. The first kappa shape index (κ1) is 15.8. The van der Waals surface area contributed by atoms with Gasteiger partial charge in [-0.2, -0.15) is 8.78 Å². The van der Waals surface area contributed by atoms with Crippen LogP contribution in [0.2, 0.25) is 0 Å². The first-order valence-electron chi connectivity index (χ1n) is 5.96. The number of rotatable bonds is 7. The Hall–Kier alpha value is -1.21. The van der Waals surface area contributed by atoms with Gasteiger partial charge in [0.25, 0.3) is 0 Å². The topological polar surface area (TPSA) is 72.2 Å². The molecule has 0 amide bonds. The number of halogens is 2. The third-order valence-electron chi connectivity index (χ3n) is 2.58. The molecule has 0 bridgehead atoms. The molecule has 0 saturated heterocycles. The van der Waals surface area contributed by atoms with Crippen molar-refractivity contribution in [1.82, 2.24) is 0 Å². The van der Waals surface area contributed by atoms with E-state index in [1.54, 1.807) is 6.07 Å². The van der Waals surface area contributed by atoms with Gasteiger partial charge < -0.3 is 11.1 Å². The van der Waals surface area contributed by atoms with E-state index in [1.807, 2.05) is 6.92 Å². The summed E-state index contributed by atoms with van der Waals surface area (Å²) in [7, 11) is -4.58. The zero-order valence-corrected chi connectivity index (χ0v) is 11.5. The van der Waals surface area contributed by atoms with Crippen LogP contribution in [0.1, 0.15) is 19.8 Å². The average molecular weight is 292 g/mol. The quantitative estimate of drug-likeness (QED) is 0.756. The molecule has 0 aliphatic rings. The van der Waals surface area contributed by atoms with E-state index in [4.69, 9.17) is 5.73 Å². The zero-order valence-electron chi connectivity index (χ0n) is 10.6. The second-order valence-corrected chi connectivity index (χ2v) is 6.23. The summed E-state index contributed by atoms with van der Waals surface area (Å²) in [5, 5.41) is 2.86. The van der Waals surface area contributed by atoms with Crippen LogP contribution in [0, 0.1) is 0 Å². The summed E-state index contributed by atoms with van der Waals surface area (Å²) in [6.07, 6.45) is 1.51. The lowest BCUT2D eigenvalue weighted by Crippen LogP contribution is -2.17. The molecule has 0 aliphatic carbocycles. The average Bonchev–Trinajstić information content (AvgIpc) is 2.34. The van der Waals surface area contributed by atoms with Crippen LogP contribution >= 0.6 is 0 Å². The molecule has 0 saturated carbocycles. The maximum absolute atomic E-state index is 12.5. The minimum absolute atomic E-state index is 0.0573. The Balaban J connectivity index is 2.80. The van der Waals surface area contributed by atoms with Gasteiger partial charge in [-0.15, -0.1) is 0 Å². The van der Waals surface area contributed by atoms with Gasteiger partial charge in [-0.25, -0.2) is 8.42 Å². The van der Waals surface area contributed by atoms with Gasteiger partial charge in [0.2, 0.25) is 9.84 Å². The van der Waals surface area contributed by atoms with Crippen molar-refractivity contribution in [3.05, 3.63) is 24.3 Å². The molecule has 0 spiro atoms. The van der Waals surface area contributed by atoms with Crippen molar-refractivity contribution >= 4 is 15.5 Å². The number of anilines is 1. The molecule has 0 aliphatic heterocycles. The van der Waals surface area contributed by atoms with E-state index in [2.05, 4.69) is 5.32 Å². The highest BCUT2D eigenvalue weighted by molar-refractivity contribution is 7.91. The summed E-state index contributed by atoms with van der Waals surface area (Å²) >= 11 is 0. The first-order chi connectivity index (χ1) is 8.85. The molecular weight excluding hydrogens is 274 g/mol. The van der Waals surface area contributed by atoms with Gasteiger partial charge in [-0.1, -0.05) is 12.1 Å². The molecule has 1 unspecified atom stereocenters. The van der Waals surface area contributed by atoms with Gasteiger partial charge in [-0.05, 0) is 31.9 Å². The number of benzene rings is 1. The standard InChI is InChI=1S/C12H18F2N2O2S/c1-9(15)5-4-8-16-10-6-2-3-7-11(10)19(17,18)12(13)14/h2-3,6-7,9,12,16H,4-5,8,15H2,1H3. The van der Waals surface area contributed by atoms with Crippen LogP contribution < -0.4 is 11.1 Å². The van der Waals surface area contributed by atoms with Gasteiger partial charge in [0.1, 0.15) is 0 Å². The summed E-state index contributed by atoms with van der Waals surface area (Å²) in [4.78, 5) is -0.370. The van der Waals surface area contributed by atoms with E-state index in [1.165, 1.54) is 18.2 Å². The normalized spacial score (nSPS) is 13.5. The van der Waals surface area contributed by atoms with Crippen LogP contribution in [0.3, 0.4) is 0 Å². The maximum atomic E-state index is 12.5. The van der Waals surface area contributed by atoms with E-state index < -0.39 is 15.6 Å². The van der Waals surface area contributed by atoms with E-state index >= 15 is 0 Å². The van der Waals surface area contributed by atoms with Crippen LogP contribution in [0.4, 0.5) is 14.5 Å². The molecule has 0 heterocycles. The molecule has 0 fully saturated rings. The maximum Gasteiger partial charge on any atom is 0.341 e. The summed E-state index contributed by atoms with van der Waals surface area (Å²) in [5.41, 5.74) is 5.79. The van der Waals surface area contributed by atoms with Gasteiger partial charge >= 0.3 is 5.76 Å². The lowest BCUT2D eigenvalue weighted by Gasteiger charge is -2.12. The van der Waals surface area contributed by atoms with E-state index in [-0.39, 0.29) is 16.6 Å². The largest absolute Gasteiger partial charge is 0.384 e. The highest BCUT2D eigenvalue weighted by Gasteiger charge is 2.28. The van der Waals surface area contributed by atoms with Crippen molar-refractivity contribution in [3.8, 4) is 0 Å². The third kappa shape index (κ3) is 4.43. The molecule has 7 heteroatoms. The second kappa shape index (κ2) is 6.81. The molecule has 0 aromatic heterocycles. The van der Waals surface area contributed by atoms with Crippen molar-refractivity contribution < 1.29 is 17.2 Å². The van der Waals surface area contributed by atoms with Crippen molar-refractivity contribution in [2.45, 2.75) is 36.5 Å². The minimum Gasteiger partial charge on any atom is -0.384 e. The molecule has 1 rings (SSSR count). The molecule has 1 aromatic rings. The van der Waals surface area contributed by atoms with E-state index in [0.717, 1.165) is 12.8 Å². The SMILES string of the molecule is CC(N)CCCNc1ccccc1S(=O)(=O)C(F)F. The highest BCUT2D eigenvalue weighted by atomic mass is 32.2. The Bertz CT molecular complexity index is 504. The van der Waals surface area contributed by atoms with Crippen molar-refractivity contribution in [1.29, 1.82) is 0 Å². The van der Waals surface area contributed by atoms with Crippen LogP contribution in [0.25, 0.3) is 0 Å². The summed E-state index contributed by atoms with van der Waals surface area (Å²) in [6.45, 7) is 2.35. The Morgan fingerprint density at radius 3 is 2.53 bits per heavy atom. The molecule has 19 heavy (non-hydrogen) atoms. The Labute approximate surface area is 111 Å². The number of alkyl halides is 2. The zero-order chi connectivity index (χ0) is 14.5. The number of nitrogens with two attached hydrogens (primary N) is 1. The number of nitrogens with one attached hydrogen (secondary N) is 1. The Kier molecular flexibility index (Phi) is 5.68. The number of hydrogen-bond acceptors (Lipinski definition) is 4. The smallest absolute Gasteiger partial charge is 0.341 e. The molecule has 1 aromatic carbocycles. The van der Waals surface area contributed by atoms with Crippen molar-refractivity contribution in [3.63, 3.8) is 0 Å². The third-order valence-corrected chi connectivity index (χ3v) is 4.02. The van der Waals surface area contributed by atoms with Crippen LogP contribution in [0.15, 0.2) is 29.2 Å². The molecule has 0 radical (unpaired) electrons. The molecule has 3 N–H and O–H groups in total. The van der Waals surface area contributed by atoms with E-state index in [9.17, 15) is 17.2 Å². The Morgan fingerprint density at radius 1 is 1.32 bits per heavy atom. The molecular formula is C12H18F2N2O2S. The fourth-order valence-electron chi connectivity index (χ4n) is 1.60. The minimum atomic E-state index is -4.58. The van der Waals surface area contributed by atoms with Gasteiger partial charge in [0.05, 0.1) is 10.6 Å². The van der Waals surface area contributed by atoms with Crippen LogP contribution in [0.5, 0.6) is 0 Å². The summed E-state index contributed by atoms with van der Waals surface area (Å²) < 4.78 is 48.0. The van der Waals surface area contributed by atoms with Crippen LogP contribution in [-0.4, -0.2) is 26.8 Å². The fourth-order valence-corrected chi connectivity index (χ4v) is 2.51. The highest BCUT2D eigenvalue weighted by Crippen LogP contribution is 2.25. The van der Waals surface area contributed by atoms with Crippen molar-refractivity contribution in [2.24, 2.45) is 5.73 Å². The van der Waals surface area contributed by atoms with Gasteiger partial charge in [-0.3, -0.25) is 0 Å². The number of sulfone groups is 1. The molecule has 1 atom stereocenters. The van der Waals surface area contributed by atoms with Gasteiger partial charge in [0.15, 0.2) is 0 Å². The fraction of sp³-hybridized carbons (Fsp3) is 0.500. The first-order valence-corrected chi connectivity index (χ1v) is 7.51. The molecule has 108 valence electrons. The monoisotopic (exact) mass is 292 g/mol. The lowest BCUT2D eigenvalue weighted by atomic mass is 10.2. The van der Waals surface area contributed by atoms with Gasteiger partial charge in [0, 0.05) is 12.6 Å². The van der Waals surface area contributed by atoms with Crippen LogP contribution in [-0.2, 0) is 9.84 Å². The summed E-state index contributed by atoms with van der Waals surface area (Å²) in [5.74, 6) is -3.42. The molecule has 4 nitrogen and oxygen atoms in total. The summed E-state index contributed by atoms with van der Waals surface area (Å²) in [6, 6.07) is 5.72.